The summed E-state index contributed by atoms with van der Waals surface area (Å²) in [6.07, 6.45) is 0. The minimum absolute atomic E-state index is 0.0173. The van der Waals surface area contributed by atoms with Crippen molar-refractivity contribution in [3.05, 3.63) is 63.6 Å². The van der Waals surface area contributed by atoms with Crippen molar-refractivity contribution < 1.29 is 23.5 Å². The zero-order chi connectivity index (χ0) is 15.6. The monoisotopic (exact) mass is 355 g/mol. The molecule has 0 heterocycles. The van der Waals surface area contributed by atoms with Gasteiger partial charge in [-0.05, 0) is 52.3 Å². The van der Waals surface area contributed by atoms with E-state index in [1.165, 1.54) is 12.1 Å². The highest BCUT2D eigenvalue weighted by molar-refractivity contribution is 9.10. The number of aromatic carboxylic acids is 1. The molecule has 108 valence electrons. The SMILES string of the molecule is O=C(Nc1cc(F)ccc1C(=O)O)c1ccc(Br)c(F)c1. The summed E-state index contributed by atoms with van der Waals surface area (Å²) in [5.74, 6) is -3.39. The van der Waals surface area contributed by atoms with E-state index in [-0.39, 0.29) is 21.3 Å². The Morgan fingerprint density at radius 3 is 2.43 bits per heavy atom. The molecule has 21 heavy (non-hydrogen) atoms. The van der Waals surface area contributed by atoms with Crippen LogP contribution < -0.4 is 5.32 Å². The molecule has 0 aliphatic heterocycles. The topological polar surface area (TPSA) is 66.4 Å². The molecule has 2 rings (SSSR count). The van der Waals surface area contributed by atoms with Gasteiger partial charge in [0.15, 0.2) is 0 Å². The first-order valence-corrected chi connectivity index (χ1v) is 6.47. The van der Waals surface area contributed by atoms with Crippen LogP contribution >= 0.6 is 15.9 Å². The number of benzene rings is 2. The number of nitrogens with one attached hydrogen (secondary N) is 1. The second-order valence-corrected chi connectivity index (χ2v) is 4.93. The number of carboxylic acid groups (broad SMARTS) is 1. The Kier molecular flexibility index (Phi) is 4.32. The van der Waals surface area contributed by atoms with Crippen molar-refractivity contribution in [2.24, 2.45) is 0 Å². The van der Waals surface area contributed by atoms with Gasteiger partial charge < -0.3 is 10.4 Å². The number of carbonyl (C=O) groups excluding carboxylic acids is 1. The second-order valence-electron chi connectivity index (χ2n) is 4.08. The highest BCUT2D eigenvalue weighted by Gasteiger charge is 2.15. The maximum absolute atomic E-state index is 13.4. The van der Waals surface area contributed by atoms with Gasteiger partial charge in [0, 0.05) is 5.56 Å². The van der Waals surface area contributed by atoms with Crippen LogP contribution in [0.5, 0.6) is 0 Å². The number of carbonyl (C=O) groups is 2. The normalized spacial score (nSPS) is 10.2. The van der Waals surface area contributed by atoms with E-state index in [9.17, 15) is 18.4 Å². The van der Waals surface area contributed by atoms with Crippen LogP contribution in [0.4, 0.5) is 14.5 Å². The van der Waals surface area contributed by atoms with E-state index in [0.29, 0.717) is 0 Å². The molecule has 4 nitrogen and oxygen atoms in total. The second kappa shape index (κ2) is 6.01. The molecule has 0 spiro atoms. The van der Waals surface area contributed by atoms with Crippen LogP contribution in [-0.2, 0) is 0 Å². The Bertz CT molecular complexity index is 734. The lowest BCUT2D eigenvalue weighted by Crippen LogP contribution is -2.15. The van der Waals surface area contributed by atoms with E-state index in [1.807, 2.05) is 0 Å². The van der Waals surface area contributed by atoms with E-state index in [0.717, 1.165) is 24.3 Å². The van der Waals surface area contributed by atoms with Crippen molar-refractivity contribution in [1.29, 1.82) is 0 Å². The molecule has 2 aromatic rings. The average Bonchev–Trinajstić information content (AvgIpc) is 2.41. The third kappa shape index (κ3) is 3.43. The van der Waals surface area contributed by atoms with Gasteiger partial charge in [-0.15, -0.1) is 0 Å². The lowest BCUT2D eigenvalue weighted by molar-refractivity contribution is 0.0698. The van der Waals surface area contributed by atoms with E-state index >= 15 is 0 Å². The van der Waals surface area contributed by atoms with Crippen molar-refractivity contribution in [3.63, 3.8) is 0 Å². The van der Waals surface area contributed by atoms with Crippen molar-refractivity contribution in [2.45, 2.75) is 0 Å². The Morgan fingerprint density at radius 1 is 1.10 bits per heavy atom. The molecule has 1 amide bonds. The van der Waals surface area contributed by atoms with Crippen LogP contribution in [0, 0.1) is 11.6 Å². The zero-order valence-electron chi connectivity index (χ0n) is 10.4. The lowest BCUT2D eigenvalue weighted by atomic mass is 10.1. The number of hydrogen-bond donors (Lipinski definition) is 2. The third-order valence-electron chi connectivity index (χ3n) is 2.64. The van der Waals surface area contributed by atoms with Crippen LogP contribution in [-0.4, -0.2) is 17.0 Å². The summed E-state index contributed by atoms with van der Waals surface area (Å²) in [4.78, 5) is 23.0. The van der Waals surface area contributed by atoms with E-state index in [2.05, 4.69) is 21.2 Å². The van der Waals surface area contributed by atoms with Gasteiger partial charge in [-0.1, -0.05) is 0 Å². The van der Waals surface area contributed by atoms with E-state index in [1.54, 1.807) is 0 Å². The van der Waals surface area contributed by atoms with Gasteiger partial charge in [0.25, 0.3) is 5.91 Å². The summed E-state index contributed by atoms with van der Waals surface area (Å²) in [5, 5.41) is 11.2. The van der Waals surface area contributed by atoms with Crippen LogP contribution in [0.3, 0.4) is 0 Å². The molecule has 2 N–H and O–H groups in total. The van der Waals surface area contributed by atoms with E-state index in [4.69, 9.17) is 5.11 Å². The van der Waals surface area contributed by atoms with E-state index < -0.39 is 23.5 Å². The van der Waals surface area contributed by atoms with Crippen molar-refractivity contribution >= 4 is 33.5 Å². The van der Waals surface area contributed by atoms with Gasteiger partial charge in [-0.2, -0.15) is 0 Å². The van der Waals surface area contributed by atoms with Gasteiger partial charge in [0.05, 0.1) is 15.7 Å². The summed E-state index contributed by atoms with van der Waals surface area (Å²) in [7, 11) is 0. The van der Waals surface area contributed by atoms with Gasteiger partial charge in [-0.25, -0.2) is 13.6 Å². The molecule has 7 heteroatoms. The molecule has 0 saturated heterocycles. The largest absolute Gasteiger partial charge is 0.478 e. The Morgan fingerprint density at radius 2 is 1.81 bits per heavy atom. The fraction of sp³-hybridized carbons (Fsp3) is 0. The molecule has 0 aromatic heterocycles. The first kappa shape index (κ1) is 15.1. The quantitative estimate of drug-likeness (QED) is 0.882. The molecule has 0 aliphatic carbocycles. The number of amides is 1. The molecule has 0 saturated carbocycles. The van der Waals surface area contributed by atoms with Gasteiger partial charge in [0.1, 0.15) is 11.6 Å². The minimum atomic E-state index is -1.31. The third-order valence-corrected chi connectivity index (χ3v) is 3.29. The van der Waals surface area contributed by atoms with Gasteiger partial charge >= 0.3 is 5.97 Å². The minimum Gasteiger partial charge on any atom is -0.478 e. The first-order chi connectivity index (χ1) is 9.88. The predicted octanol–water partition coefficient (Wildman–Crippen LogP) is 3.68. The first-order valence-electron chi connectivity index (χ1n) is 5.67. The summed E-state index contributed by atoms with van der Waals surface area (Å²) >= 11 is 2.95. The summed E-state index contributed by atoms with van der Waals surface area (Å²) in [5.41, 5.74) is -0.477. The number of hydrogen-bond acceptors (Lipinski definition) is 2. The number of rotatable bonds is 3. The zero-order valence-corrected chi connectivity index (χ0v) is 11.9. The summed E-state index contributed by atoms with van der Waals surface area (Å²) in [6.45, 7) is 0. The maximum atomic E-state index is 13.4. The molecule has 0 radical (unpaired) electrons. The molecule has 0 atom stereocenters. The van der Waals surface area contributed by atoms with Crippen LogP contribution in [0.25, 0.3) is 0 Å². The standard InChI is InChI=1S/C14H8BrF2NO3/c15-10-4-1-7(5-11(10)17)13(19)18-12-6-8(16)2-3-9(12)14(20)21/h1-6H,(H,18,19)(H,20,21). The molecule has 0 unspecified atom stereocenters. The highest BCUT2D eigenvalue weighted by Crippen LogP contribution is 2.20. The van der Waals surface area contributed by atoms with Crippen LogP contribution in [0.15, 0.2) is 40.9 Å². The number of carboxylic acids is 1. The molecule has 0 bridgehead atoms. The van der Waals surface area contributed by atoms with Gasteiger partial charge in [0.2, 0.25) is 0 Å². The fourth-order valence-corrected chi connectivity index (χ4v) is 1.88. The van der Waals surface area contributed by atoms with Crippen molar-refractivity contribution in [2.75, 3.05) is 5.32 Å². The Labute approximate surface area is 126 Å². The Hall–Kier alpha value is -2.28. The summed E-state index contributed by atoms with van der Waals surface area (Å²) in [6, 6.07) is 6.57. The smallest absolute Gasteiger partial charge is 0.337 e. The lowest BCUT2D eigenvalue weighted by Gasteiger charge is -2.09. The molecule has 2 aromatic carbocycles. The fourth-order valence-electron chi connectivity index (χ4n) is 1.64. The number of anilines is 1. The molecular weight excluding hydrogens is 348 g/mol. The highest BCUT2D eigenvalue weighted by atomic mass is 79.9. The van der Waals surface area contributed by atoms with Gasteiger partial charge in [-0.3, -0.25) is 4.79 Å². The molecule has 0 fully saturated rings. The van der Waals surface area contributed by atoms with Crippen molar-refractivity contribution in [3.8, 4) is 0 Å². The molecule has 0 aliphatic rings. The number of halogens is 3. The van der Waals surface area contributed by atoms with Crippen LogP contribution in [0.1, 0.15) is 20.7 Å². The maximum Gasteiger partial charge on any atom is 0.337 e. The predicted molar refractivity (Wildman–Crippen MR) is 75.4 cm³/mol. The molecular formula is C14H8BrF2NO3. The summed E-state index contributed by atoms with van der Waals surface area (Å²) < 4.78 is 26.7. The van der Waals surface area contributed by atoms with Crippen molar-refractivity contribution in [1.82, 2.24) is 0 Å². The Balaban J connectivity index is 2.33. The van der Waals surface area contributed by atoms with Crippen LogP contribution in [0.2, 0.25) is 0 Å². The average molecular weight is 356 g/mol.